The lowest BCUT2D eigenvalue weighted by atomic mass is 10.1. The van der Waals surface area contributed by atoms with Gasteiger partial charge < -0.3 is 9.30 Å². The van der Waals surface area contributed by atoms with E-state index in [1.807, 2.05) is 31.4 Å². The van der Waals surface area contributed by atoms with E-state index in [-0.39, 0.29) is 11.4 Å². The van der Waals surface area contributed by atoms with Gasteiger partial charge in [0.25, 0.3) is 11.8 Å². The predicted molar refractivity (Wildman–Crippen MR) is 122 cm³/mol. The molecule has 4 amide bonds. The molecule has 0 saturated carbocycles. The summed E-state index contributed by atoms with van der Waals surface area (Å²) < 4.78 is 20.6. The summed E-state index contributed by atoms with van der Waals surface area (Å²) >= 11 is 0. The molecule has 1 aromatic heterocycles. The van der Waals surface area contributed by atoms with Crippen molar-refractivity contribution in [1.82, 2.24) is 9.88 Å². The van der Waals surface area contributed by atoms with Gasteiger partial charge in [-0.2, -0.15) is 0 Å². The maximum Gasteiger partial charge on any atom is 0.335 e. The van der Waals surface area contributed by atoms with Crippen LogP contribution in [0.3, 0.4) is 0 Å². The van der Waals surface area contributed by atoms with Crippen LogP contribution in [0.5, 0.6) is 5.75 Å². The molecule has 2 aromatic carbocycles. The van der Waals surface area contributed by atoms with Crippen molar-refractivity contribution in [2.45, 2.75) is 20.8 Å². The number of anilines is 1. The van der Waals surface area contributed by atoms with Gasteiger partial charge in [-0.3, -0.25) is 14.9 Å². The van der Waals surface area contributed by atoms with Crippen LogP contribution in [0.1, 0.15) is 23.9 Å². The molecular formula is C25H22FN3O4. The highest BCUT2D eigenvalue weighted by Gasteiger charge is 2.37. The molecule has 0 bridgehead atoms. The highest BCUT2D eigenvalue weighted by atomic mass is 19.1. The highest BCUT2D eigenvalue weighted by Crippen LogP contribution is 2.27. The minimum atomic E-state index is -0.817. The molecule has 33 heavy (non-hydrogen) atoms. The molecule has 7 nitrogen and oxygen atoms in total. The van der Waals surface area contributed by atoms with Crippen molar-refractivity contribution in [3.63, 3.8) is 0 Å². The second-order valence-corrected chi connectivity index (χ2v) is 7.52. The number of carbonyl (C=O) groups is 3. The number of ether oxygens (including phenoxy) is 1. The van der Waals surface area contributed by atoms with Crippen molar-refractivity contribution in [3.8, 4) is 11.4 Å². The van der Waals surface area contributed by atoms with Crippen molar-refractivity contribution in [2.24, 2.45) is 0 Å². The minimum absolute atomic E-state index is 0.164. The quantitative estimate of drug-likeness (QED) is 0.467. The van der Waals surface area contributed by atoms with Crippen LogP contribution in [-0.2, 0) is 9.59 Å². The Balaban J connectivity index is 1.71. The number of nitrogens with one attached hydrogen (secondary N) is 1. The number of barbiturate groups is 1. The summed E-state index contributed by atoms with van der Waals surface area (Å²) in [5.74, 6) is -1.23. The van der Waals surface area contributed by atoms with Crippen molar-refractivity contribution in [1.29, 1.82) is 0 Å². The smallest absolute Gasteiger partial charge is 0.335 e. The maximum absolute atomic E-state index is 13.3. The third-order valence-corrected chi connectivity index (χ3v) is 5.36. The number of urea groups is 1. The Hall–Kier alpha value is -4.20. The van der Waals surface area contributed by atoms with Gasteiger partial charge in [-0.1, -0.05) is 0 Å². The van der Waals surface area contributed by atoms with E-state index in [1.54, 1.807) is 36.4 Å². The zero-order chi connectivity index (χ0) is 23.7. The number of imide groups is 2. The van der Waals surface area contributed by atoms with Gasteiger partial charge in [0.05, 0.1) is 12.3 Å². The van der Waals surface area contributed by atoms with Crippen molar-refractivity contribution in [3.05, 3.63) is 82.9 Å². The molecule has 8 heteroatoms. The number of aryl methyl sites for hydroxylation is 1. The Labute approximate surface area is 190 Å². The number of halogens is 1. The topological polar surface area (TPSA) is 80.6 Å². The summed E-state index contributed by atoms with van der Waals surface area (Å²) in [7, 11) is 0. The Morgan fingerprint density at radius 1 is 0.970 bits per heavy atom. The Kier molecular flexibility index (Phi) is 5.83. The first-order valence-corrected chi connectivity index (χ1v) is 10.4. The first kappa shape index (κ1) is 22.0. The molecule has 0 aliphatic carbocycles. The predicted octanol–water partition coefficient (Wildman–Crippen LogP) is 4.30. The molecule has 1 aliphatic rings. The molecule has 0 radical (unpaired) electrons. The Bertz CT molecular complexity index is 1270. The number of benzene rings is 2. The molecular weight excluding hydrogens is 425 g/mol. The first-order valence-electron chi connectivity index (χ1n) is 10.4. The lowest BCUT2D eigenvalue weighted by molar-refractivity contribution is -0.122. The van der Waals surface area contributed by atoms with E-state index in [0.717, 1.165) is 22.0 Å². The third kappa shape index (κ3) is 4.15. The number of nitrogens with zero attached hydrogens (tertiary/aromatic N) is 2. The van der Waals surface area contributed by atoms with E-state index in [4.69, 9.17) is 4.74 Å². The molecule has 2 heterocycles. The SMILES string of the molecule is CCOc1ccc(N2C(=O)NC(=O)/C(=C\c3cc(C)n(-c4ccc(F)cc4)c3C)C2=O)cc1. The molecule has 0 spiro atoms. The minimum Gasteiger partial charge on any atom is -0.494 e. The number of hydrogen-bond donors (Lipinski definition) is 1. The van der Waals surface area contributed by atoms with Crippen LogP contribution in [-0.4, -0.2) is 29.0 Å². The lowest BCUT2D eigenvalue weighted by Crippen LogP contribution is -2.54. The number of aromatic nitrogens is 1. The average molecular weight is 447 g/mol. The van der Waals surface area contributed by atoms with E-state index in [2.05, 4.69) is 5.32 Å². The standard InChI is InChI=1S/C25H22FN3O4/c1-4-33-21-11-9-20(10-12-21)29-24(31)22(23(30)27-25(29)32)14-17-13-15(2)28(16(17)3)19-7-5-18(26)6-8-19/h5-14H,4H2,1-3H3,(H,27,30,32)/b22-14+. The summed E-state index contributed by atoms with van der Waals surface area (Å²) in [6.07, 6.45) is 1.47. The molecule has 3 aromatic rings. The van der Waals surface area contributed by atoms with Gasteiger partial charge in [0.2, 0.25) is 0 Å². The van der Waals surface area contributed by atoms with Crippen molar-refractivity contribution in [2.75, 3.05) is 11.5 Å². The van der Waals surface area contributed by atoms with Crippen molar-refractivity contribution >= 4 is 29.6 Å². The van der Waals surface area contributed by atoms with Crippen LogP contribution >= 0.6 is 0 Å². The molecule has 0 atom stereocenters. The van der Waals surface area contributed by atoms with Gasteiger partial charge in [0, 0.05) is 17.1 Å². The summed E-state index contributed by atoms with van der Waals surface area (Å²) in [5.41, 5.74) is 3.14. The van der Waals surface area contributed by atoms with E-state index >= 15 is 0 Å². The van der Waals surface area contributed by atoms with Crippen LogP contribution in [0.4, 0.5) is 14.9 Å². The van der Waals surface area contributed by atoms with Gasteiger partial charge in [0.15, 0.2) is 0 Å². The normalized spacial score (nSPS) is 15.2. The maximum atomic E-state index is 13.3. The molecule has 4 rings (SSSR count). The number of hydrogen-bond acceptors (Lipinski definition) is 4. The molecule has 1 saturated heterocycles. The van der Waals surface area contributed by atoms with Crippen LogP contribution in [0.2, 0.25) is 0 Å². The van der Waals surface area contributed by atoms with Gasteiger partial charge in [-0.05, 0) is 87.0 Å². The molecule has 0 unspecified atom stereocenters. The van der Waals surface area contributed by atoms with Gasteiger partial charge in [-0.25, -0.2) is 14.1 Å². The molecule has 168 valence electrons. The van der Waals surface area contributed by atoms with Gasteiger partial charge in [-0.15, -0.1) is 0 Å². The van der Waals surface area contributed by atoms with Gasteiger partial charge in [0.1, 0.15) is 17.1 Å². The van der Waals surface area contributed by atoms with Gasteiger partial charge >= 0.3 is 6.03 Å². The van der Waals surface area contributed by atoms with Crippen LogP contribution in [0, 0.1) is 19.7 Å². The zero-order valence-electron chi connectivity index (χ0n) is 18.4. The van der Waals surface area contributed by atoms with E-state index in [9.17, 15) is 18.8 Å². The summed E-state index contributed by atoms with van der Waals surface area (Å²) in [4.78, 5) is 39.1. The van der Waals surface area contributed by atoms with Crippen LogP contribution in [0.25, 0.3) is 11.8 Å². The largest absolute Gasteiger partial charge is 0.494 e. The zero-order valence-corrected chi connectivity index (χ0v) is 18.4. The van der Waals surface area contributed by atoms with E-state index in [0.29, 0.717) is 23.6 Å². The average Bonchev–Trinajstić information content (AvgIpc) is 3.06. The fraction of sp³-hybridized carbons (Fsp3) is 0.160. The molecule has 1 aliphatic heterocycles. The fourth-order valence-corrected chi connectivity index (χ4v) is 3.83. The summed E-state index contributed by atoms with van der Waals surface area (Å²) in [6, 6.07) is 13.5. The number of carbonyl (C=O) groups excluding carboxylic acids is 3. The van der Waals surface area contributed by atoms with Crippen LogP contribution in [0.15, 0.2) is 60.2 Å². The fourth-order valence-electron chi connectivity index (χ4n) is 3.83. The summed E-state index contributed by atoms with van der Waals surface area (Å²) in [5, 5.41) is 2.23. The van der Waals surface area contributed by atoms with E-state index < -0.39 is 17.8 Å². The lowest BCUT2D eigenvalue weighted by Gasteiger charge is -2.26. The second kappa shape index (κ2) is 8.74. The first-order chi connectivity index (χ1) is 15.8. The van der Waals surface area contributed by atoms with E-state index in [1.165, 1.54) is 18.2 Å². The third-order valence-electron chi connectivity index (χ3n) is 5.36. The Morgan fingerprint density at radius 2 is 1.61 bits per heavy atom. The Morgan fingerprint density at radius 3 is 2.24 bits per heavy atom. The summed E-state index contributed by atoms with van der Waals surface area (Å²) in [6.45, 7) is 6.05. The van der Waals surface area contributed by atoms with Crippen LogP contribution < -0.4 is 15.0 Å². The molecule has 1 fully saturated rings. The van der Waals surface area contributed by atoms with Crippen molar-refractivity contribution < 1.29 is 23.5 Å². The highest BCUT2D eigenvalue weighted by molar-refractivity contribution is 6.39. The number of amides is 4. The second-order valence-electron chi connectivity index (χ2n) is 7.52. The monoisotopic (exact) mass is 447 g/mol. The molecule has 1 N–H and O–H groups in total. The number of rotatable bonds is 5.